The highest BCUT2D eigenvalue weighted by Crippen LogP contribution is 2.38. The van der Waals surface area contributed by atoms with Crippen molar-refractivity contribution in [3.05, 3.63) is 60.1 Å². The zero-order valence-corrected chi connectivity index (χ0v) is 13.7. The predicted molar refractivity (Wildman–Crippen MR) is 89.9 cm³/mol. The van der Waals surface area contributed by atoms with Gasteiger partial charge in [-0.25, -0.2) is 4.39 Å². The van der Waals surface area contributed by atoms with Crippen molar-refractivity contribution in [3.8, 4) is 28.1 Å². The van der Waals surface area contributed by atoms with Crippen LogP contribution in [0.4, 0.5) is 4.39 Å². The summed E-state index contributed by atoms with van der Waals surface area (Å²) in [4.78, 5) is 11.4. The van der Waals surface area contributed by atoms with Crippen LogP contribution in [0.2, 0.25) is 0 Å². The van der Waals surface area contributed by atoms with Crippen LogP contribution in [-0.2, 0) is 4.79 Å². The number of ether oxygens (including phenoxy) is 1. The first-order valence-corrected chi connectivity index (χ1v) is 7.64. The average Bonchev–Trinajstić information content (AvgIpc) is 3.06. The van der Waals surface area contributed by atoms with Gasteiger partial charge in [-0.05, 0) is 30.7 Å². The van der Waals surface area contributed by atoms with Gasteiger partial charge < -0.3 is 14.4 Å². The fourth-order valence-corrected chi connectivity index (χ4v) is 2.61. The van der Waals surface area contributed by atoms with Crippen LogP contribution in [0, 0.1) is 5.82 Å². The van der Waals surface area contributed by atoms with Crippen molar-refractivity contribution in [2.75, 3.05) is 7.11 Å². The van der Waals surface area contributed by atoms with Gasteiger partial charge >= 0.3 is 5.97 Å². The molecule has 0 fully saturated rings. The van der Waals surface area contributed by atoms with Crippen LogP contribution in [0.1, 0.15) is 18.6 Å². The highest BCUT2D eigenvalue weighted by molar-refractivity contribution is 5.86. The number of benzene rings is 2. The molecule has 0 aliphatic rings. The number of carboxylic acids is 1. The van der Waals surface area contributed by atoms with Crippen LogP contribution >= 0.6 is 0 Å². The van der Waals surface area contributed by atoms with Crippen LogP contribution < -0.4 is 4.74 Å². The van der Waals surface area contributed by atoms with E-state index in [0.29, 0.717) is 16.8 Å². The lowest BCUT2D eigenvalue weighted by atomic mass is 9.94. The highest BCUT2D eigenvalue weighted by Gasteiger charge is 2.27. The van der Waals surface area contributed by atoms with E-state index >= 15 is 0 Å². The minimum Gasteiger partial charge on any atom is -0.494 e. The second kappa shape index (κ2) is 6.76. The molecule has 3 aromatic rings. The Labute approximate surface area is 143 Å². The summed E-state index contributed by atoms with van der Waals surface area (Å²) in [5, 5.41) is 13.4. The fraction of sp³-hybridized carbons (Fsp3) is 0.158. The molecule has 1 N–H and O–H groups in total. The van der Waals surface area contributed by atoms with E-state index in [9.17, 15) is 14.3 Å². The molecular weight excluding hydrogens is 325 g/mol. The largest absolute Gasteiger partial charge is 0.494 e. The smallest absolute Gasteiger partial charge is 0.314 e. The van der Waals surface area contributed by atoms with Gasteiger partial charge in [0, 0.05) is 5.56 Å². The molecule has 3 rings (SSSR count). The molecule has 5 nitrogen and oxygen atoms in total. The summed E-state index contributed by atoms with van der Waals surface area (Å²) in [5.41, 5.74) is 2.15. The van der Waals surface area contributed by atoms with E-state index < -0.39 is 17.7 Å². The number of carbonyl (C=O) groups is 1. The van der Waals surface area contributed by atoms with Crippen LogP contribution in [0.3, 0.4) is 0 Å². The lowest BCUT2D eigenvalue weighted by Gasteiger charge is -2.08. The highest BCUT2D eigenvalue weighted by atomic mass is 19.1. The number of carboxylic acid groups (broad SMARTS) is 1. The maximum Gasteiger partial charge on any atom is 0.314 e. The molecule has 6 heteroatoms. The molecule has 0 saturated carbocycles. The first kappa shape index (κ1) is 16.7. The van der Waals surface area contributed by atoms with E-state index in [-0.39, 0.29) is 11.5 Å². The Hall–Kier alpha value is -3.15. The fourth-order valence-electron chi connectivity index (χ4n) is 2.61. The zero-order chi connectivity index (χ0) is 18.0. The van der Waals surface area contributed by atoms with Crippen molar-refractivity contribution in [2.24, 2.45) is 0 Å². The molecule has 0 aliphatic carbocycles. The second-order valence-electron chi connectivity index (χ2n) is 5.55. The number of hydrogen-bond donors (Lipinski definition) is 1. The molecule has 1 atom stereocenters. The number of aliphatic carboxylic acids is 1. The third-order valence-corrected chi connectivity index (χ3v) is 3.97. The molecule has 2 aromatic carbocycles. The third-order valence-electron chi connectivity index (χ3n) is 3.97. The molecular formula is C19H16FNO4. The van der Waals surface area contributed by atoms with E-state index in [1.54, 1.807) is 6.07 Å². The molecule has 1 aromatic heterocycles. The first-order chi connectivity index (χ1) is 12.0. The van der Waals surface area contributed by atoms with E-state index in [1.807, 2.05) is 30.3 Å². The number of hydrogen-bond acceptors (Lipinski definition) is 4. The van der Waals surface area contributed by atoms with Crippen LogP contribution in [-0.4, -0.2) is 23.3 Å². The van der Waals surface area contributed by atoms with Crippen molar-refractivity contribution < 1.29 is 23.6 Å². The summed E-state index contributed by atoms with van der Waals surface area (Å²) in [6.07, 6.45) is 0. The van der Waals surface area contributed by atoms with Crippen LogP contribution in [0.5, 0.6) is 5.75 Å². The summed E-state index contributed by atoms with van der Waals surface area (Å²) >= 11 is 0. The number of halogens is 1. The first-order valence-electron chi connectivity index (χ1n) is 7.64. The van der Waals surface area contributed by atoms with Gasteiger partial charge in [0.25, 0.3) is 0 Å². The third kappa shape index (κ3) is 3.10. The maximum atomic E-state index is 14.1. The van der Waals surface area contributed by atoms with E-state index in [2.05, 4.69) is 5.16 Å². The molecule has 1 heterocycles. The Kier molecular flexibility index (Phi) is 4.52. The number of methoxy groups -OCH3 is 1. The number of rotatable bonds is 5. The lowest BCUT2D eigenvalue weighted by Crippen LogP contribution is -2.07. The molecule has 1 unspecified atom stereocenters. The predicted octanol–water partition coefficient (Wildman–Crippen LogP) is 4.34. The zero-order valence-electron chi connectivity index (χ0n) is 13.7. The minimum absolute atomic E-state index is 0.118. The Morgan fingerprint density at radius 1 is 1.20 bits per heavy atom. The van der Waals surface area contributed by atoms with Gasteiger partial charge in [0.1, 0.15) is 11.6 Å². The van der Waals surface area contributed by atoms with Gasteiger partial charge in [0.15, 0.2) is 17.3 Å². The number of aromatic nitrogens is 1. The molecule has 0 saturated heterocycles. The molecule has 128 valence electrons. The van der Waals surface area contributed by atoms with Gasteiger partial charge in [-0.3, -0.25) is 4.79 Å². The van der Waals surface area contributed by atoms with Gasteiger partial charge in [0.2, 0.25) is 0 Å². The molecule has 0 spiro atoms. The quantitative estimate of drug-likeness (QED) is 0.747. The molecule has 0 bridgehead atoms. The van der Waals surface area contributed by atoms with Gasteiger partial charge in [-0.1, -0.05) is 35.5 Å². The monoisotopic (exact) mass is 341 g/mol. The van der Waals surface area contributed by atoms with Gasteiger partial charge in [-0.2, -0.15) is 0 Å². The Morgan fingerprint density at radius 3 is 2.52 bits per heavy atom. The number of nitrogens with zero attached hydrogens (tertiary/aromatic N) is 1. The second-order valence-corrected chi connectivity index (χ2v) is 5.55. The van der Waals surface area contributed by atoms with Crippen molar-refractivity contribution in [1.82, 2.24) is 5.16 Å². The van der Waals surface area contributed by atoms with Gasteiger partial charge in [-0.15, -0.1) is 0 Å². The SMILES string of the molecule is COc1ccc(-c2noc(C(C)C(=O)O)c2-c2ccccc2)cc1F. The Morgan fingerprint density at radius 2 is 1.92 bits per heavy atom. The summed E-state index contributed by atoms with van der Waals surface area (Å²) < 4.78 is 24.4. The summed E-state index contributed by atoms with van der Waals surface area (Å²) in [5.74, 6) is -2.10. The van der Waals surface area contributed by atoms with Crippen LogP contribution in [0.15, 0.2) is 53.1 Å². The Balaban J connectivity index is 2.21. The van der Waals surface area contributed by atoms with Crippen LogP contribution in [0.25, 0.3) is 22.4 Å². The molecule has 0 radical (unpaired) electrons. The average molecular weight is 341 g/mol. The lowest BCUT2D eigenvalue weighted by molar-refractivity contribution is -0.138. The summed E-state index contributed by atoms with van der Waals surface area (Å²) in [7, 11) is 1.39. The van der Waals surface area contributed by atoms with E-state index in [4.69, 9.17) is 9.26 Å². The molecule has 0 amide bonds. The van der Waals surface area contributed by atoms with Gasteiger partial charge in [0.05, 0.1) is 12.7 Å². The van der Waals surface area contributed by atoms with Crippen molar-refractivity contribution in [1.29, 1.82) is 0 Å². The topological polar surface area (TPSA) is 72.6 Å². The summed E-state index contributed by atoms with van der Waals surface area (Å²) in [6.45, 7) is 1.52. The van der Waals surface area contributed by atoms with Crippen molar-refractivity contribution in [3.63, 3.8) is 0 Å². The standard InChI is InChI=1S/C19H16FNO4/c1-11(19(22)23)18-16(12-6-4-3-5-7-12)17(21-25-18)13-8-9-15(24-2)14(20)10-13/h3-11H,1-2H3,(H,22,23). The normalized spacial score (nSPS) is 12.0. The van der Waals surface area contributed by atoms with Crippen molar-refractivity contribution in [2.45, 2.75) is 12.8 Å². The molecule has 25 heavy (non-hydrogen) atoms. The van der Waals surface area contributed by atoms with E-state index in [1.165, 1.54) is 26.2 Å². The van der Waals surface area contributed by atoms with Crippen molar-refractivity contribution >= 4 is 5.97 Å². The Bertz CT molecular complexity index is 905. The summed E-state index contributed by atoms with van der Waals surface area (Å²) in [6, 6.07) is 13.6. The maximum absolute atomic E-state index is 14.1. The molecule has 0 aliphatic heterocycles. The minimum atomic E-state index is -1.03. The van der Waals surface area contributed by atoms with E-state index in [0.717, 1.165) is 5.56 Å².